The van der Waals surface area contributed by atoms with Crippen molar-refractivity contribution in [1.82, 2.24) is 9.80 Å². The second-order valence-corrected chi connectivity index (χ2v) is 7.32. The molecule has 0 aromatic heterocycles. The van der Waals surface area contributed by atoms with Crippen molar-refractivity contribution in [1.29, 1.82) is 0 Å². The summed E-state index contributed by atoms with van der Waals surface area (Å²) in [5, 5.41) is 0. The Balaban J connectivity index is 1.89. The third-order valence-corrected chi connectivity index (χ3v) is 5.03. The molecule has 2 atom stereocenters. The first-order chi connectivity index (χ1) is 12.5. The maximum Gasteiger partial charge on any atom is 0.255 e. The van der Waals surface area contributed by atoms with Crippen LogP contribution in [-0.4, -0.2) is 41.4 Å². The van der Waals surface area contributed by atoms with Crippen LogP contribution in [-0.2, 0) is 11.2 Å². The SMILES string of the molecule is CC(C)[C@H]1N(C)C(=O)[C@H](Cc2ccccc2)CN1C(=O)c1ccccc1. The zero-order chi connectivity index (χ0) is 18.7. The number of carbonyl (C=O) groups is 2. The van der Waals surface area contributed by atoms with Crippen LogP contribution in [0.15, 0.2) is 60.7 Å². The Morgan fingerprint density at radius 2 is 1.62 bits per heavy atom. The van der Waals surface area contributed by atoms with Gasteiger partial charge in [-0.3, -0.25) is 9.59 Å². The highest BCUT2D eigenvalue weighted by Gasteiger charge is 2.41. The molecule has 0 aliphatic carbocycles. The van der Waals surface area contributed by atoms with Gasteiger partial charge in [0.25, 0.3) is 5.91 Å². The lowest BCUT2D eigenvalue weighted by Gasteiger charge is -2.47. The van der Waals surface area contributed by atoms with E-state index in [2.05, 4.69) is 13.8 Å². The Bertz CT molecular complexity index is 758. The summed E-state index contributed by atoms with van der Waals surface area (Å²) in [7, 11) is 1.81. The highest BCUT2D eigenvalue weighted by Crippen LogP contribution is 2.27. The summed E-state index contributed by atoms with van der Waals surface area (Å²) in [6.45, 7) is 4.56. The minimum Gasteiger partial charge on any atom is -0.325 e. The van der Waals surface area contributed by atoms with Crippen molar-refractivity contribution < 1.29 is 9.59 Å². The van der Waals surface area contributed by atoms with E-state index in [1.54, 1.807) is 4.90 Å². The fraction of sp³-hybridized carbons (Fsp3) is 0.364. The van der Waals surface area contributed by atoms with Gasteiger partial charge in [0.15, 0.2) is 0 Å². The van der Waals surface area contributed by atoms with Crippen LogP contribution in [0.1, 0.15) is 29.8 Å². The topological polar surface area (TPSA) is 40.6 Å². The van der Waals surface area contributed by atoms with Crippen LogP contribution in [0.5, 0.6) is 0 Å². The standard InChI is InChI=1S/C22H26N2O2/c1-16(2)20-23(3)21(25)19(14-17-10-6-4-7-11-17)15-24(20)22(26)18-12-8-5-9-13-18/h4-13,16,19-20H,14-15H2,1-3H3/t19-,20+/m1/s1. The highest BCUT2D eigenvalue weighted by atomic mass is 16.2. The summed E-state index contributed by atoms with van der Waals surface area (Å²) in [4.78, 5) is 29.7. The van der Waals surface area contributed by atoms with Crippen LogP contribution in [0.25, 0.3) is 0 Å². The molecule has 1 heterocycles. The Hall–Kier alpha value is -2.62. The molecule has 0 unspecified atom stereocenters. The Kier molecular flexibility index (Phi) is 5.40. The van der Waals surface area contributed by atoms with E-state index in [1.165, 1.54) is 0 Å². The van der Waals surface area contributed by atoms with E-state index in [0.29, 0.717) is 18.5 Å². The summed E-state index contributed by atoms with van der Waals surface area (Å²) >= 11 is 0. The maximum absolute atomic E-state index is 13.2. The summed E-state index contributed by atoms with van der Waals surface area (Å²) in [6.07, 6.45) is 0.426. The van der Waals surface area contributed by atoms with Gasteiger partial charge in [0, 0.05) is 19.2 Å². The molecule has 4 nitrogen and oxygen atoms in total. The molecule has 1 fully saturated rings. The lowest BCUT2D eigenvalue weighted by molar-refractivity contribution is -0.148. The Morgan fingerprint density at radius 3 is 2.19 bits per heavy atom. The number of benzene rings is 2. The maximum atomic E-state index is 13.2. The smallest absolute Gasteiger partial charge is 0.255 e. The van der Waals surface area contributed by atoms with Crippen molar-refractivity contribution in [3.8, 4) is 0 Å². The average molecular weight is 350 g/mol. The van der Waals surface area contributed by atoms with Gasteiger partial charge in [0.1, 0.15) is 6.17 Å². The van der Waals surface area contributed by atoms with Gasteiger partial charge in [-0.2, -0.15) is 0 Å². The van der Waals surface area contributed by atoms with Gasteiger partial charge >= 0.3 is 0 Å². The number of carbonyl (C=O) groups excluding carboxylic acids is 2. The number of amides is 2. The van der Waals surface area contributed by atoms with Gasteiger partial charge in [0.05, 0.1) is 5.92 Å². The van der Waals surface area contributed by atoms with Gasteiger partial charge in [-0.05, 0) is 30.0 Å². The van der Waals surface area contributed by atoms with Crippen LogP contribution in [0, 0.1) is 11.8 Å². The third-order valence-electron chi connectivity index (χ3n) is 5.03. The molecule has 0 N–H and O–H groups in total. The highest BCUT2D eigenvalue weighted by molar-refractivity contribution is 5.95. The van der Waals surface area contributed by atoms with E-state index in [9.17, 15) is 9.59 Å². The fourth-order valence-electron chi connectivity index (χ4n) is 3.86. The van der Waals surface area contributed by atoms with Crippen molar-refractivity contribution in [2.24, 2.45) is 11.8 Å². The molecule has 0 spiro atoms. The minimum atomic E-state index is -0.220. The van der Waals surface area contributed by atoms with E-state index in [4.69, 9.17) is 0 Å². The summed E-state index contributed by atoms with van der Waals surface area (Å²) in [6, 6.07) is 19.3. The molecule has 2 aromatic rings. The van der Waals surface area contributed by atoms with Gasteiger partial charge < -0.3 is 9.80 Å². The third kappa shape index (κ3) is 3.64. The van der Waals surface area contributed by atoms with Crippen molar-refractivity contribution >= 4 is 11.8 Å². The van der Waals surface area contributed by atoms with E-state index in [0.717, 1.165) is 5.56 Å². The molecule has 1 aliphatic heterocycles. The van der Waals surface area contributed by atoms with Crippen LogP contribution < -0.4 is 0 Å². The predicted molar refractivity (Wildman–Crippen MR) is 103 cm³/mol. The molecule has 0 bridgehead atoms. The lowest BCUT2D eigenvalue weighted by atomic mass is 9.92. The number of rotatable bonds is 4. The molecule has 3 rings (SSSR count). The second-order valence-electron chi connectivity index (χ2n) is 7.32. The average Bonchev–Trinajstić information content (AvgIpc) is 2.66. The summed E-state index contributed by atoms with van der Waals surface area (Å²) < 4.78 is 0. The first kappa shape index (κ1) is 18.2. The monoisotopic (exact) mass is 350 g/mol. The van der Waals surface area contributed by atoms with Gasteiger partial charge in [-0.15, -0.1) is 0 Å². The molecular weight excluding hydrogens is 324 g/mol. The van der Waals surface area contributed by atoms with Gasteiger partial charge in [0.2, 0.25) is 5.91 Å². The van der Waals surface area contributed by atoms with Crippen LogP contribution in [0.4, 0.5) is 0 Å². The summed E-state index contributed by atoms with van der Waals surface area (Å²) in [5.41, 5.74) is 1.79. The number of hydrogen-bond donors (Lipinski definition) is 0. The van der Waals surface area contributed by atoms with Crippen molar-refractivity contribution in [2.75, 3.05) is 13.6 Å². The molecule has 1 saturated heterocycles. The first-order valence-electron chi connectivity index (χ1n) is 9.15. The molecule has 0 saturated carbocycles. The van der Waals surface area contributed by atoms with Crippen LogP contribution >= 0.6 is 0 Å². The summed E-state index contributed by atoms with van der Waals surface area (Å²) in [5.74, 6) is 0.0470. The fourth-order valence-corrected chi connectivity index (χ4v) is 3.86. The quantitative estimate of drug-likeness (QED) is 0.847. The van der Waals surface area contributed by atoms with Crippen molar-refractivity contribution in [2.45, 2.75) is 26.4 Å². The largest absolute Gasteiger partial charge is 0.325 e. The zero-order valence-electron chi connectivity index (χ0n) is 15.6. The Morgan fingerprint density at radius 1 is 1.04 bits per heavy atom. The predicted octanol–water partition coefficient (Wildman–Crippen LogP) is 3.44. The Labute approximate surface area is 155 Å². The van der Waals surface area contributed by atoms with E-state index in [1.807, 2.05) is 72.6 Å². The molecule has 0 radical (unpaired) electrons. The van der Waals surface area contributed by atoms with E-state index >= 15 is 0 Å². The van der Waals surface area contributed by atoms with Gasteiger partial charge in [-0.1, -0.05) is 62.4 Å². The zero-order valence-corrected chi connectivity index (χ0v) is 15.6. The van der Waals surface area contributed by atoms with Gasteiger partial charge in [-0.25, -0.2) is 0 Å². The minimum absolute atomic E-state index is 0.0123. The van der Waals surface area contributed by atoms with E-state index < -0.39 is 0 Å². The second kappa shape index (κ2) is 7.73. The first-order valence-corrected chi connectivity index (χ1v) is 9.15. The molecule has 136 valence electrons. The van der Waals surface area contributed by atoms with Crippen molar-refractivity contribution in [3.63, 3.8) is 0 Å². The molecule has 2 amide bonds. The number of nitrogens with zero attached hydrogens (tertiary/aromatic N) is 2. The van der Waals surface area contributed by atoms with Crippen LogP contribution in [0.2, 0.25) is 0 Å². The molecule has 1 aliphatic rings. The molecule has 26 heavy (non-hydrogen) atoms. The molecule has 2 aromatic carbocycles. The number of hydrogen-bond acceptors (Lipinski definition) is 2. The molecular formula is C22H26N2O2. The van der Waals surface area contributed by atoms with Crippen molar-refractivity contribution in [3.05, 3.63) is 71.8 Å². The lowest BCUT2D eigenvalue weighted by Crippen LogP contribution is -2.62. The van der Waals surface area contributed by atoms with Crippen LogP contribution in [0.3, 0.4) is 0 Å². The molecule has 4 heteroatoms. The van der Waals surface area contributed by atoms with E-state index in [-0.39, 0.29) is 29.8 Å². The normalized spacial score (nSPS) is 20.5.